The first-order valence-corrected chi connectivity index (χ1v) is 11.7. The molecule has 0 aromatic heterocycles. The SMILES string of the molecule is Oc1cccc(C(CCCC(c2cccc(O)c2O)c2cccc(O)c2O)c2cccc(O)c2O)c1O. The van der Waals surface area contributed by atoms with Crippen LogP contribution in [0.1, 0.15) is 53.4 Å². The molecule has 0 bridgehead atoms. The van der Waals surface area contributed by atoms with E-state index in [0.29, 0.717) is 41.5 Å². The number of para-hydroxylation sites is 4. The standard InChI is InChI=1S/C29H28O8/c30-22-12-2-8-18(26(22)34)16(19-9-3-13-23(31)27(19)35)6-1-7-17(20-10-4-14-24(32)28(20)36)21-11-5-15-25(33)29(21)37/h2-5,8-17,30-37H,1,6-7H2. The predicted molar refractivity (Wildman–Crippen MR) is 137 cm³/mol. The normalized spacial score (nSPS) is 11.3. The Hall–Kier alpha value is -4.72. The highest BCUT2D eigenvalue weighted by Crippen LogP contribution is 2.47. The fraction of sp³-hybridized carbons (Fsp3) is 0.172. The van der Waals surface area contributed by atoms with Crippen LogP contribution in [0.3, 0.4) is 0 Å². The van der Waals surface area contributed by atoms with Gasteiger partial charge in [-0.25, -0.2) is 0 Å². The van der Waals surface area contributed by atoms with Gasteiger partial charge in [-0.15, -0.1) is 0 Å². The van der Waals surface area contributed by atoms with Gasteiger partial charge in [0.05, 0.1) is 0 Å². The number of hydrogen-bond donors (Lipinski definition) is 8. The molecule has 0 atom stereocenters. The van der Waals surface area contributed by atoms with Crippen LogP contribution in [0, 0.1) is 0 Å². The van der Waals surface area contributed by atoms with Gasteiger partial charge >= 0.3 is 0 Å². The van der Waals surface area contributed by atoms with Gasteiger partial charge in [0.1, 0.15) is 0 Å². The smallest absolute Gasteiger partial charge is 0.161 e. The molecule has 0 spiro atoms. The summed E-state index contributed by atoms with van der Waals surface area (Å²) in [4.78, 5) is 0. The molecule has 0 aliphatic rings. The second-order valence-corrected chi connectivity index (χ2v) is 8.90. The number of aromatic hydroxyl groups is 8. The summed E-state index contributed by atoms with van der Waals surface area (Å²) < 4.78 is 0. The molecule has 0 amide bonds. The average Bonchev–Trinajstić information content (AvgIpc) is 2.87. The molecule has 4 aromatic rings. The minimum Gasteiger partial charge on any atom is -0.504 e. The second-order valence-electron chi connectivity index (χ2n) is 8.90. The Bertz CT molecular complexity index is 1210. The van der Waals surface area contributed by atoms with Crippen molar-refractivity contribution in [1.82, 2.24) is 0 Å². The topological polar surface area (TPSA) is 162 Å². The first-order valence-electron chi connectivity index (χ1n) is 11.7. The summed E-state index contributed by atoms with van der Waals surface area (Å²) in [6.07, 6.45) is 1.05. The lowest BCUT2D eigenvalue weighted by molar-refractivity contribution is 0.384. The van der Waals surface area contributed by atoms with Crippen molar-refractivity contribution < 1.29 is 40.9 Å². The Morgan fingerprint density at radius 2 is 0.622 bits per heavy atom. The van der Waals surface area contributed by atoms with Crippen LogP contribution in [-0.4, -0.2) is 40.9 Å². The first kappa shape index (κ1) is 25.4. The van der Waals surface area contributed by atoms with Gasteiger partial charge in [0.15, 0.2) is 46.0 Å². The van der Waals surface area contributed by atoms with Gasteiger partial charge in [0.2, 0.25) is 0 Å². The Morgan fingerprint density at radius 1 is 0.378 bits per heavy atom. The minimum absolute atomic E-state index is 0.323. The molecule has 0 saturated heterocycles. The van der Waals surface area contributed by atoms with Gasteiger partial charge in [-0.2, -0.15) is 0 Å². The zero-order valence-electron chi connectivity index (χ0n) is 19.8. The molecule has 0 unspecified atom stereocenters. The number of phenols is 8. The second kappa shape index (κ2) is 10.5. The summed E-state index contributed by atoms with van der Waals surface area (Å²) in [5.41, 5.74) is 1.38. The van der Waals surface area contributed by atoms with Crippen molar-refractivity contribution in [1.29, 1.82) is 0 Å². The highest BCUT2D eigenvalue weighted by Gasteiger charge is 2.27. The summed E-state index contributed by atoms with van der Waals surface area (Å²) in [6, 6.07) is 18.1. The predicted octanol–water partition coefficient (Wildman–Crippen LogP) is 5.47. The van der Waals surface area contributed by atoms with Gasteiger partial charge in [0.25, 0.3) is 0 Å². The van der Waals surface area contributed by atoms with E-state index < -0.39 is 11.8 Å². The molecule has 8 heteroatoms. The van der Waals surface area contributed by atoms with E-state index in [2.05, 4.69) is 0 Å². The third-order valence-corrected chi connectivity index (χ3v) is 6.67. The molecule has 0 heterocycles. The van der Waals surface area contributed by atoms with Crippen molar-refractivity contribution in [2.75, 3.05) is 0 Å². The maximum Gasteiger partial charge on any atom is 0.161 e. The Kier molecular flexibility index (Phi) is 7.20. The quantitative estimate of drug-likeness (QED) is 0.147. The number of hydrogen-bond acceptors (Lipinski definition) is 8. The summed E-state index contributed by atoms with van der Waals surface area (Å²) in [5.74, 6) is -3.93. The molecule has 0 aliphatic heterocycles. The number of rotatable bonds is 8. The molecule has 0 radical (unpaired) electrons. The van der Waals surface area contributed by atoms with Gasteiger partial charge < -0.3 is 40.9 Å². The zero-order valence-corrected chi connectivity index (χ0v) is 19.8. The minimum atomic E-state index is -0.629. The molecule has 4 aromatic carbocycles. The fourth-order valence-electron chi connectivity index (χ4n) is 4.80. The number of benzene rings is 4. The monoisotopic (exact) mass is 504 g/mol. The molecule has 192 valence electrons. The van der Waals surface area contributed by atoms with Crippen LogP contribution in [0.5, 0.6) is 46.0 Å². The van der Waals surface area contributed by atoms with Crippen LogP contribution in [0.4, 0.5) is 0 Å². The maximum atomic E-state index is 10.6. The van der Waals surface area contributed by atoms with Crippen molar-refractivity contribution in [3.05, 3.63) is 95.1 Å². The lowest BCUT2D eigenvalue weighted by Crippen LogP contribution is -2.06. The fourth-order valence-corrected chi connectivity index (χ4v) is 4.80. The highest BCUT2D eigenvalue weighted by molar-refractivity contribution is 5.56. The van der Waals surface area contributed by atoms with Gasteiger partial charge in [-0.1, -0.05) is 55.0 Å². The van der Waals surface area contributed by atoms with Crippen LogP contribution in [0.25, 0.3) is 0 Å². The van der Waals surface area contributed by atoms with E-state index in [0.717, 1.165) is 0 Å². The summed E-state index contributed by atoms with van der Waals surface area (Å²) >= 11 is 0. The Balaban J connectivity index is 1.72. The molecule has 8 N–H and O–H groups in total. The molecule has 0 saturated carbocycles. The first-order chi connectivity index (χ1) is 17.7. The highest BCUT2D eigenvalue weighted by atomic mass is 16.3. The number of phenolic OH excluding ortho intramolecular Hbond substituents is 8. The van der Waals surface area contributed by atoms with Crippen molar-refractivity contribution in [2.45, 2.75) is 31.1 Å². The van der Waals surface area contributed by atoms with Crippen molar-refractivity contribution in [3.63, 3.8) is 0 Å². The van der Waals surface area contributed by atoms with Crippen molar-refractivity contribution in [2.24, 2.45) is 0 Å². The van der Waals surface area contributed by atoms with Crippen LogP contribution >= 0.6 is 0 Å². The van der Waals surface area contributed by atoms with Crippen LogP contribution in [0.2, 0.25) is 0 Å². The van der Waals surface area contributed by atoms with E-state index in [9.17, 15) is 40.9 Å². The van der Waals surface area contributed by atoms with E-state index in [1.165, 1.54) is 24.3 Å². The Morgan fingerprint density at radius 3 is 0.865 bits per heavy atom. The molecule has 0 fully saturated rings. The lowest BCUT2D eigenvalue weighted by Gasteiger charge is -2.24. The van der Waals surface area contributed by atoms with Gasteiger partial charge in [0, 0.05) is 34.1 Å². The van der Waals surface area contributed by atoms with Crippen LogP contribution < -0.4 is 0 Å². The third kappa shape index (κ3) is 4.99. The van der Waals surface area contributed by atoms with E-state index in [1.54, 1.807) is 48.5 Å². The zero-order chi connectivity index (χ0) is 26.7. The maximum absolute atomic E-state index is 10.6. The molecule has 37 heavy (non-hydrogen) atoms. The lowest BCUT2D eigenvalue weighted by atomic mass is 9.81. The Labute approximate surface area is 213 Å². The van der Waals surface area contributed by atoms with Crippen molar-refractivity contribution >= 4 is 0 Å². The largest absolute Gasteiger partial charge is 0.504 e. The van der Waals surface area contributed by atoms with E-state index >= 15 is 0 Å². The summed E-state index contributed by atoms with van der Waals surface area (Å²) in [5, 5.41) is 82.6. The van der Waals surface area contributed by atoms with Gasteiger partial charge in [-0.05, 0) is 37.1 Å². The third-order valence-electron chi connectivity index (χ3n) is 6.67. The summed E-state index contributed by atoms with van der Waals surface area (Å²) in [7, 11) is 0. The average molecular weight is 505 g/mol. The summed E-state index contributed by atoms with van der Waals surface area (Å²) in [6.45, 7) is 0. The molecule has 8 nitrogen and oxygen atoms in total. The van der Waals surface area contributed by atoms with E-state index in [4.69, 9.17) is 0 Å². The van der Waals surface area contributed by atoms with E-state index in [1.807, 2.05) is 0 Å². The van der Waals surface area contributed by atoms with Crippen LogP contribution in [-0.2, 0) is 0 Å². The van der Waals surface area contributed by atoms with Crippen LogP contribution in [0.15, 0.2) is 72.8 Å². The van der Waals surface area contributed by atoms with Gasteiger partial charge in [-0.3, -0.25) is 0 Å². The molecule has 4 rings (SSSR count). The molecule has 0 aliphatic carbocycles. The molecular weight excluding hydrogens is 476 g/mol. The van der Waals surface area contributed by atoms with E-state index in [-0.39, 0.29) is 46.0 Å². The molecular formula is C29H28O8. The van der Waals surface area contributed by atoms with Crippen molar-refractivity contribution in [3.8, 4) is 46.0 Å².